The molecule has 0 atom stereocenters. The number of esters is 1. The van der Waals surface area contributed by atoms with Gasteiger partial charge in [-0.2, -0.15) is 0 Å². The van der Waals surface area contributed by atoms with Crippen LogP contribution in [0.15, 0.2) is 23.1 Å². The zero-order valence-electron chi connectivity index (χ0n) is 9.47. The predicted octanol–water partition coefficient (Wildman–Crippen LogP) is 0.0581. The summed E-state index contributed by atoms with van der Waals surface area (Å²) in [4.78, 5) is 10.9. The molecule has 0 aromatic heterocycles. The number of rotatable bonds is 4. The molecule has 1 aromatic carbocycles. The largest absolute Gasteiger partial charge is 0.495 e. The van der Waals surface area contributed by atoms with Crippen LogP contribution in [0.2, 0.25) is 0 Å². The SMILES string of the molecule is COC(=O)Cc1ccc(OC)c(S(N)(=O)=O)c1. The summed E-state index contributed by atoms with van der Waals surface area (Å²) in [5, 5.41) is 5.04. The van der Waals surface area contributed by atoms with E-state index < -0.39 is 16.0 Å². The quantitative estimate of drug-likeness (QED) is 0.771. The van der Waals surface area contributed by atoms with E-state index in [1.54, 1.807) is 6.07 Å². The predicted molar refractivity (Wildman–Crippen MR) is 60.1 cm³/mol. The van der Waals surface area contributed by atoms with Gasteiger partial charge in [0.05, 0.1) is 20.6 Å². The number of ether oxygens (including phenoxy) is 2. The molecule has 2 N–H and O–H groups in total. The minimum Gasteiger partial charge on any atom is -0.495 e. The average Bonchev–Trinajstić information content (AvgIpc) is 2.27. The van der Waals surface area contributed by atoms with E-state index in [4.69, 9.17) is 9.88 Å². The molecule has 0 saturated carbocycles. The fraction of sp³-hybridized carbons (Fsp3) is 0.300. The molecule has 0 saturated heterocycles. The Balaban J connectivity index is 3.19. The minimum atomic E-state index is -3.89. The van der Waals surface area contributed by atoms with E-state index >= 15 is 0 Å². The Morgan fingerprint density at radius 3 is 2.47 bits per heavy atom. The molecule has 0 bridgehead atoms. The van der Waals surface area contributed by atoms with E-state index in [1.807, 2.05) is 0 Å². The Kier molecular flexibility index (Phi) is 4.08. The van der Waals surface area contributed by atoms with Crippen LogP contribution in [-0.2, 0) is 26.0 Å². The first-order valence-corrected chi connectivity index (χ1v) is 6.19. The van der Waals surface area contributed by atoms with Crippen LogP contribution in [-0.4, -0.2) is 28.6 Å². The van der Waals surface area contributed by atoms with E-state index in [-0.39, 0.29) is 17.1 Å². The first-order valence-electron chi connectivity index (χ1n) is 4.65. The van der Waals surface area contributed by atoms with Gasteiger partial charge in [0.25, 0.3) is 0 Å². The Bertz CT molecular complexity index is 523. The third kappa shape index (κ3) is 3.43. The molecule has 0 heterocycles. The maximum Gasteiger partial charge on any atom is 0.309 e. The molecule has 6 nitrogen and oxygen atoms in total. The molecular formula is C10H13NO5S. The van der Waals surface area contributed by atoms with E-state index in [9.17, 15) is 13.2 Å². The molecule has 0 amide bonds. The summed E-state index contributed by atoms with van der Waals surface area (Å²) in [6.45, 7) is 0. The van der Waals surface area contributed by atoms with Gasteiger partial charge in [-0.15, -0.1) is 0 Å². The van der Waals surface area contributed by atoms with Crippen molar-refractivity contribution in [2.45, 2.75) is 11.3 Å². The highest BCUT2D eigenvalue weighted by atomic mass is 32.2. The van der Waals surface area contributed by atoms with E-state index in [0.29, 0.717) is 5.56 Å². The highest BCUT2D eigenvalue weighted by Gasteiger charge is 2.16. The maximum absolute atomic E-state index is 11.3. The molecule has 1 aromatic rings. The molecule has 0 aliphatic carbocycles. The van der Waals surface area contributed by atoms with Crippen molar-refractivity contribution in [2.24, 2.45) is 5.14 Å². The second kappa shape index (κ2) is 5.15. The molecule has 1 rings (SSSR count). The average molecular weight is 259 g/mol. The lowest BCUT2D eigenvalue weighted by Crippen LogP contribution is -2.14. The third-order valence-corrected chi connectivity index (χ3v) is 3.04. The lowest BCUT2D eigenvalue weighted by Gasteiger charge is -2.08. The van der Waals surface area contributed by atoms with Gasteiger partial charge in [-0.3, -0.25) is 4.79 Å². The molecule has 0 aliphatic rings. The highest BCUT2D eigenvalue weighted by molar-refractivity contribution is 7.89. The van der Waals surface area contributed by atoms with Crippen molar-refractivity contribution in [3.8, 4) is 5.75 Å². The second-order valence-electron chi connectivity index (χ2n) is 3.28. The number of nitrogens with two attached hydrogens (primary N) is 1. The number of carbonyl (C=O) groups is 1. The van der Waals surface area contributed by atoms with Gasteiger partial charge in [-0.25, -0.2) is 13.6 Å². The van der Waals surface area contributed by atoms with Crippen molar-refractivity contribution in [1.29, 1.82) is 0 Å². The van der Waals surface area contributed by atoms with E-state index in [2.05, 4.69) is 4.74 Å². The zero-order valence-corrected chi connectivity index (χ0v) is 10.3. The van der Waals surface area contributed by atoms with Crippen LogP contribution in [0.3, 0.4) is 0 Å². The molecule has 0 radical (unpaired) electrons. The van der Waals surface area contributed by atoms with Gasteiger partial charge < -0.3 is 9.47 Å². The van der Waals surface area contributed by atoms with Gasteiger partial charge in [0.15, 0.2) is 0 Å². The van der Waals surface area contributed by atoms with Crippen LogP contribution in [0.4, 0.5) is 0 Å². The third-order valence-electron chi connectivity index (χ3n) is 2.11. The molecule has 17 heavy (non-hydrogen) atoms. The van der Waals surface area contributed by atoms with Gasteiger partial charge in [0.1, 0.15) is 10.6 Å². The normalized spacial score (nSPS) is 11.0. The number of methoxy groups -OCH3 is 2. The monoisotopic (exact) mass is 259 g/mol. The first-order chi connectivity index (χ1) is 7.88. The van der Waals surface area contributed by atoms with Crippen molar-refractivity contribution in [3.05, 3.63) is 23.8 Å². The summed E-state index contributed by atoms with van der Waals surface area (Å²) < 4.78 is 32.0. The lowest BCUT2D eigenvalue weighted by molar-refractivity contribution is -0.139. The fourth-order valence-electron chi connectivity index (χ4n) is 1.29. The Hall–Kier alpha value is -1.60. The molecule has 94 valence electrons. The number of benzene rings is 1. The molecule has 0 aliphatic heterocycles. The minimum absolute atomic E-state index is 0.0248. The van der Waals surface area contributed by atoms with Crippen molar-refractivity contribution in [3.63, 3.8) is 0 Å². The van der Waals surface area contributed by atoms with Crippen molar-refractivity contribution in [1.82, 2.24) is 0 Å². The summed E-state index contributed by atoms with van der Waals surface area (Å²) in [6.07, 6.45) is -0.0248. The smallest absolute Gasteiger partial charge is 0.309 e. The standard InChI is InChI=1S/C10H13NO5S/c1-15-8-4-3-7(6-10(12)16-2)5-9(8)17(11,13)14/h3-5H,6H2,1-2H3,(H2,11,13,14). The summed E-state index contributed by atoms with van der Waals surface area (Å²) in [6, 6.07) is 4.31. The summed E-state index contributed by atoms with van der Waals surface area (Å²) in [5.74, 6) is -0.323. The van der Waals surface area contributed by atoms with Gasteiger partial charge in [-0.05, 0) is 17.7 Å². The van der Waals surface area contributed by atoms with Crippen LogP contribution in [0.5, 0.6) is 5.75 Å². The molecule has 7 heteroatoms. The van der Waals surface area contributed by atoms with E-state index in [0.717, 1.165) is 0 Å². The number of sulfonamides is 1. The van der Waals surface area contributed by atoms with Gasteiger partial charge in [0, 0.05) is 0 Å². The first kappa shape index (κ1) is 13.5. The molecule has 0 unspecified atom stereocenters. The van der Waals surface area contributed by atoms with Gasteiger partial charge >= 0.3 is 5.97 Å². The Labute approximate surface area is 99.4 Å². The van der Waals surface area contributed by atoms with Crippen molar-refractivity contribution < 1.29 is 22.7 Å². The molecule has 0 fully saturated rings. The van der Waals surface area contributed by atoms with Gasteiger partial charge in [0.2, 0.25) is 10.0 Å². The van der Waals surface area contributed by atoms with Crippen LogP contribution in [0, 0.1) is 0 Å². The molecular weight excluding hydrogens is 246 g/mol. The van der Waals surface area contributed by atoms with Crippen LogP contribution < -0.4 is 9.88 Å². The highest BCUT2D eigenvalue weighted by Crippen LogP contribution is 2.23. The second-order valence-corrected chi connectivity index (χ2v) is 4.81. The van der Waals surface area contributed by atoms with Crippen LogP contribution in [0.1, 0.15) is 5.56 Å². The number of primary sulfonamides is 1. The Morgan fingerprint density at radius 1 is 1.35 bits per heavy atom. The molecule has 0 spiro atoms. The Morgan fingerprint density at radius 2 is 2.00 bits per heavy atom. The van der Waals surface area contributed by atoms with Crippen LogP contribution in [0.25, 0.3) is 0 Å². The summed E-state index contributed by atoms with van der Waals surface area (Å²) in [5.41, 5.74) is 0.488. The fourth-order valence-corrected chi connectivity index (χ4v) is 2.04. The number of hydrogen-bond donors (Lipinski definition) is 1. The van der Waals surface area contributed by atoms with E-state index in [1.165, 1.54) is 26.4 Å². The zero-order chi connectivity index (χ0) is 13.1. The summed E-state index contributed by atoms with van der Waals surface area (Å²) >= 11 is 0. The lowest BCUT2D eigenvalue weighted by atomic mass is 10.1. The van der Waals surface area contributed by atoms with Crippen LogP contribution >= 0.6 is 0 Å². The van der Waals surface area contributed by atoms with Crippen molar-refractivity contribution in [2.75, 3.05) is 14.2 Å². The maximum atomic E-state index is 11.3. The number of carbonyl (C=O) groups excluding carboxylic acids is 1. The summed E-state index contributed by atoms with van der Waals surface area (Å²) in [7, 11) is -1.29. The van der Waals surface area contributed by atoms with Gasteiger partial charge in [-0.1, -0.05) is 6.07 Å². The topological polar surface area (TPSA) is 95.7 Å². The van der Waals surface area contributed by atoms with Crippen molar-refractivity contribution >= 4 is 16.0 Å². The number of hydrogen-bond acceptors (Lipinski definition) is 5.